The topological polar surface area (TPSA) is 0 Å². The SMILES string of the molecule is CCCCCCCc1ccc(-c2ccc3cc(C#Cc4ccc(CCCCC)cc4)ccc3c2F)cc1. The van der Waals surface area contributed by atoms with Gasteiger partial charge in [-0.3, -0.25) is 0 Å². The van der Waals surface area contributed by atoms with E-state index in [2.05, 4.69) is 74.2 Å². The highest BCUT2D eigenvalue weighted by molar-refractivity contribution is 5.89. The first-order valence-corrected chi connectivity index (χ1v) is 14.1. The molecular formula is C36H39F. The molecule has 1 heteroatoms. The van der Waals surface area contributed by atoms with Crippen molar-refractivity contribution in [3.8, 4) is 23.0 Å². The molecule has 0 amide bonds. The summed E-state index contributed by atoms with van der Waals surface area (Å²) in [5.74, 6) is 6.35. The lowest BCUT2D eigenvalue weighted by atomic mass is 9.97. The minimum atomic E-state index is -0.164. The van der Waals surface area contributed by atoms with Crippen LogP contribution >= 0.6 is 0 Å². The second kappa shape index (κ2) is 13.8. The van der Waals surface area contributed by atoms with Crippen LogP contribution in [0, 0.1) is 17.7 Å². The van der Waals surface area contributed by atoms with E-state index in [0.717, 1.165) is 34.9 Å². The van der Waals surface area contributed by atoms with Crippen LogP contribution in [0.3, 0.4) is 0 Å². The van der Waals surface area contributed by atoms with Crippen molar-refractivity contribution in [2.24, 2.45) is 0 Å². The average molecular weight is 491 g/mol. The molecular weight excluding hydrogens is 451 g/mol. The van der Waals surface area contributed by atoms with E-state index in [9.17, 15) is 0 Å². The van der Waals surface area contributed by atoms with Gasteiger partial charge >= 0.3 is 0 Å². The van der Waals surface area contributed by atoms with Crippen LogP contribution in [-0.4, -0.2) is 0 Å². The van der Waals surface area contributed by atoms with Crippen LogP contribution in [0.25, 0.3) is 21.9 Å². The Bertz CT molecular complexity index is 1330. The van der Waals surface area contributed by atoms with E-state index in [1.807, 2.05) is 30.3 Å². The van der Waals surface area contributed by atoms with Crippen LogP contribution in [0.4, 0.5) is 4.39 Å². The van der Waals surface area contributed by atoms with E-state index in [4.69, 9.17) is 0 Å². The van der Waals surface area contributed by atoms with Gasteiger partial charge in [0.2, 0.25) is 0 Å². The van der Waals surface area contributed by atoms with Crippen molar-refractivity contribution in [3.63, 3.8) is 0 Å². The number of fused-ring (bicyclic) bond motifs is 1. The highest BCUT2D eigenvalue weighted by Crippen LogP contribution is 2.30. The van der Waals surface area contributed by atoms with E-state index in [-0.39, 0.29) is 5.82 Å². The smallest absolute Gasteiger partial charge is 0.138 e. The van der Waals surface area contributed by atoms with Gasteiger partial charge in [-0.2, -0.15) is 0 Å². The summed E-state index contributed by atoms with van der Waals surface area (Å²) in [6.45, 7) is 4.47. The Labute approximate surface area is 223 Å². The summed E-state index contributed by atoms with van der Waals surface area (Å²) >= 11 is 0. The molecule has 0 heterocycles. The summed E-state index contributed by atoms with van der Waals surface area (Å²) in [6.07, 6.45) is 12.4. The maximum atomic E-state index is 15.5. The Morgan fingerprint density at radius 1 is 0.568 bits per heavy atom. The molecule has 0 saturated heterocycles. The van der Waals surface area contributed by atoms with Gasteiger partial charge < -0.3 is 0 Å². The van der Waals surface area contributed by atoms with Gasteiger partial charge in [-0.1, -0.05) is 119 Å². The Kier molecular flexibility index (Phi) is 9.96. The third-order valence-electron chi connectivity index (χ3n) is 7.16. The molecule has 0 N–H and O–H groups in total. The third kappa shape index (κ3) is 7.56. The fourth-order valence-electron chi connectivity index (χ4n) is 4.85. The molecule has 0 atom stereocenters. The minimum absolute atomic E-state index is 0.164. The average Bonchev–Trinajstić information content (AvgIpc) is 2.93. The first kappa shape index (κ1) is 26.7. The first-order chi connectivity index (χ1) is 18.2. The van der Waals surface area contributed by atoms with Crippen LogP contribution in [0.15, 0.2) is 78.9 Å². The van der Waals surface area contributed by atoms with Crippen molar-refractivity contribution >= 4 is 10.8 Å². The number of aryl methyl sites for hydroxylation is 2. The highest BCUT2D eigenvalue weighted by Gasteiger charge is 2.10. The molecule has 0 aromatic heterocycles. The molecule has 4 aromatic rings. The molecule has 37 heavy (non-hydrogen) atoms. The molecule has 4 rings (SSSR count). The molecule has 0 unspecified atom stereocenters. The second-order valence-electron chi connectivity index (χ2n) is 10.1. The first-order valence-electron chi connectivity index (χ1n) is 14.1. The van der Waals surface area contributed by atoms with Crippen LogP contribution in [0.5, 0.6) is 0 Å². The van der Waals surface area contributed by atoms with Gasteiger partial charge in [-0.15, -0.1) is 0 Å². The van der Waals surface area contributed by atoms with Gasteiger partial charge in [-0.25, -0.2) is 4.39 Å². The third-order valence-corrected chi connectivity index (χ3v) is 7.16. The van der Waals surface area contributed by atoms with Gasteiger partial charge in [0.15, 0.2) is 0 Å². The van der Waals surface area contributed by atoms with Crippen molar-refractivity contribution in [1.82, 2.24) is 0 Å². The summed E-state index contributed by atoms with van der Waals surface area (Å²) in [7, 11) is 0. The van der Waals surface area contributed by atoms with Gasteiger partial charge in [0.05, 0.1) is 0 Å². The van der Waals surface area contributed by atoms with Gasteiger partial charge in [0, 0.05) is 22.1 Å². The lowest BCUT2D eigenvalue weighted by molar-refractivity contribution is 0.632. The van der Waals surface area contributed by atoms with E-state index >= 15 is 4.39 Å². The number of hydrogen-bond donors (Lipinski definition) is 0. The predicted molar refractivity (Wildman–Crippen MR) is 157 cm³/mol. The number of benzene rings is 4. The van der Waals surface area contributed by atoms with Crippen molar-refractivity contribution in [2.75, 3.05) is 0 Å². The van der Waals surface area contributed by atoms with E-state index in [0.29, 0.717) is 10.9 Å². The molecule has 0 radical (unpaired) electrons. The molecule has 0 aliphatic rings. The molecule has 0 aliphatic carbocycles. The van der Waals surface area contributed by atoms with Crippen LogP contribution in [0.1, 0.15) is 87.5 Å². The summed E-state index contributed by atoms with van der Waals surface area (Å²) in [5.41, 5.74) is 6.18. The Hall–Kier alpha value is -3.37. The molecule has 0 spiro atoms. The molecule has 0 nitrogen and oxygen atoms in total. The summed E-state index contributed by atoms with van der Waals surface area (Å²) in [4.78, 5) is 0. The lowest BCUT2D eigenvalue weighted by Crippen LogP contribution is -1.90. The molecule has 190 valence electrons. The molecule has 4 aromatic carbocycles. The van der Waals surface area contributed by atoms with Crippen LogP contribution in [-0.2, 0) is 12.8 Å². The molecule has 0 fully saturated rings. The molecule has 0 aliphatic heterocycles. The monoisotopic (exact) mass is 490 g/mol. The van der Waals surface area contributed by atoms with Crippen LogP contribution < -0.4 is 0 Å². The normalized spacial score (nSPS) is 10.9. The van der Waals surface area contributed by atoms with Crippen LogP contribution in [0.2, 0.25) is 0 Å². The zero-order chi connectivity index (χ0) is 25.9. The van der Waals surface area contributed by atoms with Gasteiger partial charge in [0.1, 0.15) is 5.82 Å². The largest absolute Gasteiger partial charge is 0.206 e. The second-order valence-corrected chi connectivity index (χ2v) is 10.1. The van der Waals surface area contributed by atoms with E-state index in [1.165, 1.54) is 62.5 Å². The van der Waals surface area contributed by atoms with Crippen molar-refractivity contribution in [2.45, 2.75) is 78.1 Å². The maximum absolute atomic E-state index is 15.5. The zero-order valence-corrected chi connectivity index (χ0v) is 22.5. The lowest BCUT2D eigenvalue weighted by Gasteiger charge is -2.09. The number of rotatable bonds is 11. The molecule has 0 bridgehead atoms. The van der Waals surface area contributed by atoms with Crippen molar-refractivity contribution in [1.29, 1.82) is 0 Å². The fraction of sp³-hybridized carbons (Fsp3) is 0.333. The quantitative estimate of drug-likeness (QED) is 0.145. The minimum Gasteiger partial charge on any atom is -0.206 e. The van der Waals surface area contributed by atoms with E-state index in [1.54, 1.807) is 0 Å². The standard InChI is InChI=1S/C36H39F/c1-3-5-7-8-10-12-29-19-22-32(23-20-29)34-26-24-33-27-31(21-25-35(33)36(34)37)18-17-30-15-13-28(14-16-30)11-9-6-4-2/h13-16,19-27H,3-12H2,1-2H3. The summed E-state index contributed by atoms with van der Waals surface area (Å²) in [5, 5.41) is 1.52. The van der Waals surface area contributed by atoms with Gasteiger partial charge in [-0.05, 0) is 72.0 Å². The zero-order valence-electron chi connectivity index (χ0n) is 22.5. The van der Waals surface area contributed by atoms with Crippen molar-refractivity contribution in [3.05, 3.63) is 107 Å². The maximum Gasteiger partial charge on any atom is 0.138 e. The fourth-order valence-corrected chi connectivity index (χ4v) is 4.85. The number of hydrogen-bond acceptors (Lipinski definition) is 0. The van der Waals surface area contributed by atoms with Crippen molar-refractivity contribution < 1.29 is 4.39 Å². The van der Waals surface area contributed by atoms with Gasteiger partial charge in [0.25, 0.3) is 0 Å². The Balaban J connectivity index is 1.43. The van der Waals surface area contributed by atoms with E-state index < -0.39 is 0 Å². The predicted octanol–water partition coefficient (Wildman–Crippen LogP) is 10.3. The number of halogens is 1. The Morgan fingerprint density at radius 2 is 1.14 bits per heavy atom. The molecule has 0 saturated carbocycles. The Morgan fingerprint density at radius 3 is 1.84 bits per heavy atom. The number of unbranched alkanes of at least 4 members (excludes halogenated alkanes) is 6. The highest BCUT2D eigenvalue weighted by atomic mass is 19.1. The summed E-state index contributed by atoms with van der Waals surface area (Å²) < 4.78 is 15.5. The summed E-state index contributed by atoms with van der Waals surface area (Å²) in [6, 6.07) is 26.6.